The second-order valence-electron chi connectivity index (χ2n) is 7.77. The second kappa shape index (κ2) is 8.38. The molecule has 1 atom stereocenters. The van der Waals surface area contributed by atoms with Gasteiger partial charge < -0.3 is 5.32 Å². The van der Waals surface area contributed by atoms with Crippen molar-refractivity contribution in [1.29, 1.82) is 0 Å². The number of nitrogens with zero attached hydrogens (tertiary/aromatic N) is 4. The topological polar surface area (TPSA) is 97.2 Å². The lowest BCUT2D eigenvalue weighted by molar-refractivity contribution is 0.0932. The van der Waals surface area contributed by atoms with Crippen molar-refractivity contribution in [2.45, 2.75) is 62.0 Å². The van der Waals surface area contributed by atoms with E-state index < -0.39 is 27.7 Å². The lowest BCUT2D eigenvalue weighted by Gasteiger charge is -2.24. The maximum absolute atomic E-state index is 13.5. The Morgan fingerprint density at radius 2 is 1.90 bits per heavy atom. The van der Waals surface area contributed by atoms with Crippen LogP contribution in [0.5, 0.6) is 0 Å². The van der Waals surface area contributed by atoms with Crippen LogP contribution in [-0.4, -0.2) is 52.3 Å². The van der Waals surface area contributed by atoms with Crippen LogP contribution >= 0.6 is 0 Å². The van der Waals surface area contributed by atoms with Crippen molar-refractivity contribution in [2.24, 2.45) is 0 Å². The van der Waals surface area contributed by atoms with Gasteiger partial charge in [-0.15, -0.1) is 5.10 Å². The normalized spacial score (nSPS) is 20.7. The summed E-state index contributed by atoms with van der Waals surface area (Å²) >= 11 is 0. The number of halogens is 2. The minimum atomic E-state index is -3.99. The summed E-state index contributed by atoms with van der Waals surface area (Å²) in [5, 5.41) is 10.8. The van der Waals surface area contributed by atoms with Crippen molar-refractivity contribution in [2.75, 3.05) is 6.54 Å². The van der Waals surface area contributed by atoms with Gasteiger partial charge in [0.1, 0.15) is 0 Å². The Kier molecular flexibility index (Phi) is 5.83. The van der Waals surface area contributed by atoms with Gasteiger partial charge in [-0.25, -0.2) is 17.2 Å². The van der Waals surface area contributed by atoms with Crippen molar-refractivity contribution < 1.29 is 22.0 Å². The zero-order chi connectivity index (χ0) is 21.3. The molecule has 0 bridgehead atoms. The number of sulfonamides is 1. The monoisotopic (exact) mass is 439 g/mol. The number of aromatic nitrogens is 3. The summed E-state index contributed by atoms with van der Waals surface area (Å²) in [6.07, 6.45) is 6.84. The predicted molar refractivity (Wildman–Crippen MR) is 103 cm³/mol. The van der Waals surface area contributed by atoms with E-state index >= 15 is 0 Å². The largest absolute Gasteiger partial charge is 0.348 e. The van der Waals surface area contributed by atoms with Crippen LogP contribution in [0.25, 0.3) is 0 Å². The summed E-state index contributed by atoms with van der Waals surface area (Å²) in [5.74, 6) is -2.59. The lowest BCUT2D eigenvalue weighted by atomic mass is 10.2. The maximum atomic E-state index is 13.5. The molecule has 0 radical (unpaired) electrons. The first kappa shape index (κ1) is 20.9. The lowest BCUT2D eigenvalue weighted by Crippen LogP contribution is -2.38. The molecule has 2 heterocycles. The van der Waals surface area contributed by atoms with E-state index in [1.54, 1.807) is 0 Å². The smallest absolute Gasteiger partial charge is 0.273 e. The molecule has 30 heavy (non-hydrogen) atoms. The number of rotatable bonds is 6. The highest BCUT2D eigenvalue weighted by atomic mass is 32.2. The van der Waals surface area contributed by atoms with Gasteiger partial charge in [0.15, 0.2) is 17.3 Å². The van der Waals surface area contributed by atoms with Crippen LogP contribution in [0.15, 0.2) is 29.3 Å². The Hall–Kier alpha value is -2.40. The summed E-state index contributed by atoms with van der Waals surface area (Å²) in [5.41, 5.74) is 0.190. The van der Waals surface area contributed by atoms with Crippen LogP contribution < -0.4 is 5.32 Å². The van der Waals surface area contributed by atoms with E-state index in [4.69, 9.17) is 0 Å². The van der Waals surface area contributed by atoms with Crippen molar-refractivity contribution in [3.8, 4) is 0 Å². The van der Waals surface area contributed by atoms with Crippen molar-refractivity contribution in [3.05, 3.63) is 41.7 Å². The molecule has 2 fully saturated rings. The van der Waals surface area contributed by atoms with Gasteiger partial charge in [-0.3, -0.25) is 9.48 Å². The van der Waals surface area contributed by atoms with Crippen LogP contribution in [0.2, 0.25) is 0 Å². The first-order valence-corrected chi connectivity index (χ1v) is 11.5. The SMILES string of the molecule is O=C(NC1CCCC1)c1cn(CC2CCCN2S(=O)(=O)c2ccc(F)c(F)c2)nn1. The maximum Gasteiger partial charge on any atom is 0.273 e. The number of amides is 1. The molecule has 1 aliphatic heterocycles. The Morgan fingerprint density at radius 1 is 1.13 bits per heavy atom. The Morgan fingerprint density at radius 3 is 2.63 bits per heavy atom. The third-order valence-corrected chi connectivity index (χ3v) is 7.63. The van der Waals surface area contributed by atoms with Crippen LogP contribution in [0.3, 0.4) is 0 Å². The highest BCUT2D eigenvalue weighted by molar-refractivity contribution is 7.89. The molecular formula is C19H23F2N5O3S. The third kappa shape index (κ3) is 4.22. The standard InChI is InChI=1S/C19H23F2N5O3S/c20-16-8-7-15(10-17(16)21)30(28,29)26-9-3-6-14(26)11-25-12-18(23-24-25)19(27)22-13-4-1-2-5-13/h7-8,10,12-14H,1-6,9,11H2,(H,22,27). The number of nitrogens with one attached hydrogen (secondary N) is 1. The first-order chi connectivity index (χ1) is 14.3. The molecule has 1 aromatic carbocycles. The molecule has 2 aliphatic rings. The molecule has 162 valence electrons. The van der Waals surface area contributed by atoms with Gasteiger partial charge in [-0.2, -0.15) is 4.31 Å². The van der Waals surface area contributed by atoms with E-state index in [0.717, 1.165) is 37.8 Å². The van der Waals surface area contributed by atoms with Gasteiger partial charge in [-0.1, -0.05) is 18.1 Å². The van der Waals surface area contributed by atoms with Gasteiger partial charge in [0.05, 0.1) is 17.6 Å². The van der Waals surface area contributed by atoms with Crippen LogP contribution in [0.4, 0.5) is 8.78 Å². The van der Waals surface area contributed by atoms with E-state index in [-0.39, 0.29) is 35.6 Å². The van der Waals surface area contributed by atoms with Crippen LogP contribution in [0.1, 0.15) is 49.0 Å². The Balaban J connectivity index is 1.46. The average Bonchev–Trinajstić information content (AvgIpc) is 3.46. The zero-order valence-electron chi connectivity index (χ0n) is 16.3. The molecule has 1 aliphatic carbocycles. The van der Waals surface area contributed by atoms with Crippen LogP contribution in [-0.2, 0) is 16.6 Å². The minimum absolute atomic E-state index is 0.161. The molecule has 1 unspecified atom stereocenters. The molecule has 8 nitrogen and oxygen atoms in total. The summed E-state index contributed by atoms with van der Waals surface area (Å²) in [6, 6.07) is 2.30. The van der Waals surface area contributed by atoms with Gasteiger partial charge in [-0.05, 0) is 43.9 Å². The van der Waals surface area contributed by atoms with Gasteiger partial charge in [0, 0.05) is 18.6 Å². The molecular weight excluding hydrogens is 416 g/mol. The van der Waals surface area contributed by atoms with Crippen molar-refractivity contribution in [1.82, 2.24) is 24.6 Å². The average molecular weight is 439 g/mol. The zero-order valence-corrected chi connectivity index (χ0v) is 17.1. The number of hydrogen-bond donors (Lipinski definition) is 1. The molecule has 1 saturated carbocycles. The van der Waals surface area contributed by atoms with E-state index in [2.05, 4.69) is 15.6 Å². The van der Waals surface area contributed by atoms with E-state index in [1.165, 1.54) is 15.2 Å². The molecule has 1 N–H and O–H groups in total. The van der Waals surface area contributed by atoms with Gasteiger partial charge >= 0.3 is 0 Å². The van der Waals surface area contributed by atoms with Crippen molar-refractivity contribution >= 4 is 15.9 Å². The van der Waals surface area contributed by atoms with E-state index in [9.17, 15) is 22.0 Å². The molecule has 4 rings (SSSR count). The molecule has 1 aromatic heterocycles. The van der Waals surface area contributed by atoms with Crippen LogP contribution in [0, 0.1) is 11.6 Å². The fourth-order valence-corrected chi connectivity index (χ4v) is 5.82. The van der Waals surface area contributed by atoms with Gasteiger partial charge in [0.2, 0.25) is 10.0 Å². The number of carbonyl (C=O) groups excluding carboxylic acids is 1. The highest BCUT2D eigenvalue weighted by Gasteiger charge is 2.36. The fraction of sp³-hybridized carbons (Fsp3) is 0.526. The summed E-state index contributed by atoms with van der Waals surface area (Å²) in [6.45, 7) is 0.488. The molecule has 11 heteroatoms. The molecule has 0 spiro atoms. The molecule has 2 aromatic rings. The Bertz CT molecular complexity index is 1040. The van der Waals surface area contributed by atoms with Gasteiger partial charge in [0.25, 0.3) is 5.91 Å². The summed E-state index contributed by atoms with van der Waals surface area (Å²) in [4.78, 5) is 12.0. The van der Waals surface area contributed by atoms with E-state index in [0.29, 0.717) is 18.9 Å². The fourth-order valence-electron chi connectivity index (χ4n) is 4.12. The summed E-state index contributed by atoms with van der Waals surface area (Å²) in [7, 11) is -3.99. The molecule has 1 saturated heterocycles. The molecule has 1 amide bonds. The number of hydrogen-bond acceptors (Lipinski definition) is 5. The Labute approximate surface area is 173 Å². The van der Waals surface area contributed by atoms with E-state index in [1.807, 2.05) is 0 Å². The predicted octanol–water partition coefficient (Wildman–Crippen LogP) is 2.08. The third-order valence-electron chi connectivity index (χ3n) is 5.68. The number of carbonyl (C=O) groups is 1. The first-order valence-electron chi connectivity index (χ1n) is 10.0. The summed E-state index contributed by atoms with van der Waals surface area (Å²) < 4.78 is 55.3. The minimum Gasteiger partial charge on any atom is -0.348 e. The highest BCUT2D eigenvalue weighted by Crippen LogP contribution is 2.27. The van der Waals surface area contributed by atoms with Crippen molar-refractivity contribution in [3.63, 3.8) is 0 Å². The second-order valence-corrected chi connectivity index (χ2v) is 9.66. The quantitative estimate of drug-likeness (QED) is 0.743. The number of benzene rings is 1.